The van der Waals surface area contributed by atoms with Gasteiger partial charge in [-0.05, 0) is 24.6 Å². The van der Waals surface area contributed by atoms with Crippen LogP contribution < -0.4 is 20.1 Å². The number of pyridine rings is 1. The van der Waals surface area contributed by atoms with Crippen molar-refractivity contribution in [3.8, 4) is 11.5 Å². The minimum Gasteiger partial charge on any atom is -0.497 e. The molecular weight excluding hydrogens is 322 g/mol. The van der Waals surface area contributed by atoms with Gasteiger partial charge in [0.25, 0.3) is 11.8 Å². The van der Waals surface area contributed by atoms with Crippen molar-refractivity contribution in [1.29, 1.82) is 0 Å². The average Bonchev–Trinajstić information content (AvgIpc) is 2.66. The van der Waals surface area contributed by atoms with Gasteiger partial charge in [-0.25, -0.2) is 0 Å². The summed E-state index contributed by atoms with van der Waals surface area (Å²) in [6, 6.07) is 6.57. The lowest BCUT2D eigenvalue weighted by Gasteiger charge is -2.12. The van der Waals surface area contributed by atoms with E-state index >= 15 is 0 Å². The molecule has 25 heavy (non-hydrogen) atoms. The third-order valence-corrected chi connectivity index (χ3v) is 3.46. The lowest BCUT2D eigenvalue weighted by Crippen LogP contribution is -2.24. The summed E-state index contributed by atoms with van der Waals surface area (Å²) >= 11 is 0. The Kier molecular flexibility index (Phi) is 6.33. The third-order valence-electron chi connectivity index (χ3n) is 3.46. The second-order valence-corrected chi connectivity index (χ2v) is 5.24. The fourth-order valence-electron chi connectivity index (χ4n) is 2.13. The Bertz CT molecular complexity index is 762. The molecular formula is C18H21N3O4. The fourth-order valence-corrected chi connectivity index (χ4v) is 2.13. The summed E-state index contributed by atoms with van der Waals surface area (Å²) in [4.78, 5) is 28.4. The molecule has 132 valence electrons. The van der Waals surface area contributed by atoms with E-state index in [1.165, 1.54) is 25.6 Å². The Morgan fingerprint density at radius 1 is 1.04 bits per heavy atom. The van der Waals surface area contributed by atoms with Crippen molar-refractivity contribution < 1.29 is 19.1 Å². The van der Waals surface area contributed by atoms with Gasteiger partial charge in [0.15, 0.2) is 0 Å². The van der Waals surface area contributed by atoms with Crippen LogP contribution in [0.3, 0.4) is 0 Å². The Hall–Kier alpha value is -3.09. The smallest absolute Gasteiger partial charge is 0.257 e. The number of hydrogen-bond acceptors (Lipinski definition) is 5. The van der Waals surface area contributed by atoms with E-state index in [1.54, 1.807) is 25.3 Å². The number of carbonyl (C=O) groups excluding carboxylic acids is 2. The van der Waals surface area contributed by atoms with Crippen LogP contribution in [-0.4, -0.2) is 37.6 Å². The molecule has 1 heterocycles. The largest absolute Gasteiger partial charge is 0.497 e. The monoisotopic (exact) mass is 343 g/mol. The molecule has 2 amide bonds. The molecule has 2 aromatic rings. The zero-order valence-corrected chi connectivity index (χ0v) is 14.5. The molecule has 1 aromatic heterocycles. The van der Waals surface area contributed by atoms with Crippen LogP contribution >= 0.6 is 0 Å². The predicted molar refractivity (Wildman–Crippen MR) is 94.4 cm³/mol. The highest BCUT2D eigenvalue weighted by Gasteiger charge is 2.13. The van der Waals surface area contributed by atoms with Crippen molar-refractivity contribution >= 4 is 17.5 Å². The molecule has 0 fully saturated rings. The van der Waals surface area contributed by atoms with Gasteiger partial charge >= 0.3 is 0 Å². The van der Waals surface area contributed by atoms with Crippen LogP contribution in [-0.2, 0) is 0 Å². The minimum atomic E-state index is -0.388. The van der Waals surface area contributed by atoms with Gasteiger partial charge in [-0.2, -0.15) is 0 Å². The molecule has 0 saturated heterocycles. The van der Waals surface area contributed by atoms with E-state index in [0.717, 1.165) is 6.42 Å². The van der Waals surface area contributed by atoms with Gasteiger partial charge < -0.3 is 20.1 Å². The molecule has 0 saturated carbocycles. The standard InChI is InChI=1S/C18H21N3O4/c1-4-7-20-17(22)12-8-13(11-19-10-12)18(23)21-15-6-5-14(24-2)9-16(15)25-3/h5-6,8-11H,4,7H2,1-3H3,(H,20,22)(H,21,23). The maximum atomic E-state index is 12.5. The number of nitrogens with zero attached hydrogens (tertiary/aromatic N) is 1. The molecule has 0 aliphatic heterocycles. The molecule has 0 bridgehead atoms. The van der Waals surface area contributed by atoms with Gasteiger partial charge in [0.2, 0.25) is 0 Å². The molecule has 2 N–H and O–H groups in total. The summed E-state index contributed by atoms with van der Waals surface area (Å²) < 4.78 is 10.4. The Labute approximate surface area is 146 Å². The summed E-state index contributed by atoms with van der Waals surface area (Å²) in [5, 5.41) is 5.50. The van der Waals surface area contributed by atoms with Gasteiger partial charge in [-0.1, -0.05) is 6.92 Å². The number of benzene rings is 1. The molecule has 2 rings (SSSR count). The third kappa shape index (κ3) is 4.69. The first-order chi connectivity index (χ1) is 12.1. The van der Waals surface area contributed by atoms with E-state index in [-0.39, 0.29) is 17.4 Å². The van der Waals surface area contributed by atoms with Crippen LogP contribution in [0.5, 0.6) is 11.5 Å². The van der Waals surface area contributed by atoms with Crippen LogP contribution in [0, 0.1) is 0 Å². The Morgan fingerprint density at radius 2 is 1.76 bits per heavy atom. The summed E-state index contributed by atoms with van der Waals surface area (Å²) in [7, 11) is 3.05. The van der Waals surface area contributed by atoms with Crippen LogP contribution in [0.2, 0.25) is 0 Å². The summed E-state index contributed by atoms with van der Waals surface area (Å²) in [5.41, 5.74) is 1.11. The van der Waals surface area contributed by atoms with E-state index < -0.39 is 0 Å². The first-order valence-electron chi connectivity index (χ1n) is 7.85. The average molecular weight is 343 g/mol. The molecule has 7 nitrogen and oxygen atoms in total. The van der Waals surface area contributed by atoms with Crippen LogP contribution in [0.4, 0.5) is 5.69 Å². The second kappa shape index (κ2) is 8.68. The highest BCUT2D eigenvalue weighted by molar-refractivity contribution is 6.06. The summed E-state index contributed by atoms with van der Waals surface area (Å²) in [6.45, 7) is 2.53. The Morgan fingerprint density at radius 3 is 2.40 bits per heavy atom. The molecule has 0 aliphatic rings. The molecule has 0 aliphatic carbocycles. The normalized spacial score (nSPS) is 10.0. The summed E-state index contributed by atoms with van der Waals surface area (Å²) in [5.74, 6) is 0.441. The molecule has 0 unspecified atom stereocenters. The maximum Gasteiger partial charge on any atom is 0.257 e. The lowest BCUT2D eigenvalue weighted by atomic mass is 10.1. The van der Waals surface area contributed by atoms with Crippen LogP contribution in [0.1, 0.15) is 34.1 Å². The number of methoxy groups -OCH3 is 2. The van der Waals surface area contributed by atoms with Crippen molar-refractivity contribution in [2.45, 2.75) is 13.3 Å². The zero-order chi connectivity index (χ0) is 18.2. The molecule has 0 radical (unpaired) electrons. The van der Waals surface area contributed by atoms with Gasteiger partial charge in [-0.15, -0.1) is 0 Å². The number of aromatic nitrogens is 1. The van der Waals surface area contributed by atoms with E-state index in [1.807, 2.05) is 6.92 Å². The number of rotatable bonds is 7. The first-order valence-corrected chi connectivity index (χ1v) is 7.85. The highest BCUT2D eigenvalue weighted by Crippen LogP contribution is 2.29. The number of nitrogens with one attached hydrogen (secondary N) is 2. The second-order valence-electron chi connectivity index (χ2n) is 5.24. The van der Waals surface area contributed by atoms with E-state index in [9.17, 15) is 9.59 Å². The van der Waals surface area contributed by atoms with E-state index in [4.69, 9.17) is 9.47 Å². The molecule has 7 heteroatoms. The highest BCUT2D eigenvalue weighted by atomic mass is 16.5. The molecule has 1 aromatic carbocycles. The van der Waals surface area contributed by atoms with Crippen molar-refractivity contribution in [3.63, 3.8) is 0 Å². The first kappa shape index (κ1) is 18.3. The van der Waals surface area contributed by atoms with Crippen molar-refractivity contribution in [2.24, 2.45) is 0 Å². The van der Waals surface area contributed by atoms with Gasteiger partial charge in [-0.3, -0.25) is 14.6 Å². The number of hydrogen-bond donors (Lipinski definition) is 2. The van der Waals surface area contributed by atoms with E-state index in [0.29, 0.717) is 29.3 Å². The van der Waals surface area contributed by atoms with Crippen molar-refractivity contribution in [1.82, 2.24) is 10.3 Å². The SMILES string of the molecule is CCCNC(=O)c1cncc(C(=O)Nc2ccc(OC)cc2OC)c1. The predicted octanol–water partition coefficient (Wildman–Crippen LogP) is 2.49. The van der Waals surface area contributed by atoms with Gasteiger partial charge in [0, 0.05) is 25.0 Å². The van der Waals surface area contributed by atoms with Crippen molar-refractivity contribution in [2.75, 3.05) is 26.1 Å². The number of amides is 2. The van der Waals surface area contributed by atoms with Crippen LogP contribution in [0.15, 0.2) is 36.7 Å². The van der Waals surface area contributed by atoms with Crippen LogP contribution in [0.25, 0.3) is 0 Å². The molecule has 0 spiro atoms. The quantitative estimate of drug-likeness (QED) is 0.806. The summed E-state index contributed by atoms with van der Waals surface area (Å²) in [6.07, 6.45) is 3.66. The number of ether oxygens (including phenoxy) is 2. The topological polar surface area (TPSA) is 89.6 Å². The van der Waals surface area contributed by atoms with Gasteiger partial charge in [0.05, 0.1) is 31.0 Å². The Balaban J connectivity index is 2.17. The minimum absolute atomic E-state index is 0.258. The number of anilines is 1. The van der Waals surface area contributed by atoms with Crippen molar-refractivity contribution in [3.05, 3.63) is 47.8 Å². The van der Waals surface area contributed by atoms with E-state index in [2.05, 4.69) is 15.6 Å². The number of carbonyl (C=O) groups is 2. The fraction of sp³-hybridized carbons (Fsp3) is 0.278. The maximum absolute atomic E-state index is 12.5. The zero-order valence-electron chi connectivity index (χ0n) is 14.5. The lowest BCUT2D eigenvalue weighted by molar-refractivity contribution is 0.0953. The molecule has 0 atom stereocenters. The van der Waals surface area contributed by atoms with Gasteiger partial charge in [0.1, 0.15) is 11.5 Å².